The lowest BCUT2D eigenvalue weighted by atomic mass is 9.86. The fourth-order valence-corrected chi connectivity index (χ4v) is 1.94. The van der Waals surface area contributed by atoms with Gasteiger partial charge in [-0.1, -0.05) is 19.0 Å². The predicted octanol–water partition coefficient (Wildman–Crippen LogP) is 3.91. The summed E-state index contributed by atoms with van der Waals surface area (Å²) in [6.45, 7) is 4.35. The van der Waals surface area contributed by atoms with E-state index in [0.29, 0.717) is 16.8 Å². The van der Waals surface area contributed by atoms with E-state index in [9.17, 15) is 4.39 Å². The molecule has 112 valence electrons. The first-order valence-electron chi connectivity index (χ1n) is 6.42. The molecule has 0 heterocycles. The van der Waals surface area contributed by atoms with E-state index in [4.69, 9.17) is 15.7 Å². The summed E-state index contributed by atoms with van der Waals surface area (Å²) in [5, 5.41) is 11.7. The van der Waals surface area contributed by atoms with Gasteiger partial charge in [0.15, 0.2) is 0 Å². The lowest BCUT2D eigenvalue weighted by Gasteiger charge is -2.22. The zero-order chi connectivity index (χ0) is 15.2. The first-order valence-corrected chi connectivity index (χ1v) is 7.22. The van der Waals surface area contributed by atoms with Crippen molar-refractivity contribution in [2.75, 3.05) is 6.61 Å². The molecule has 0 atom stereocenters. The lowest BCUT2D eigenvalue weighted by Crippen LogP contribution is -2.31. The molecule has 3 N–H and O–H groups in total. The maximum atomic E-state index is 13.3. The van der Waals surface area contributed by atoms with Crippen LogP contribution in [-0.4, -0.2) is 17.6 Å². The maximum absolute atomic E-state index is 13.3. The minimum Gasteiger partial charge on any atom is -0.493 e. The summed E-state index contributed by atoms with van der Waals surface area (Å²) in [4.78, 5) is 0. The number of ether oxygens (including phenoxy) is 1. The van der Waals surface area contributed by atoms with Gasteiger partial charge in [0.1, 0.15) is 17.4 Å². The van der Waals surface area contributed by atoms with Crippen LogP contribution in [0.2, 0.25) is 0 Å². The van der Waals surface area contributed by atoms with E-state index in [0.717, 1.165) is 19.3 Å². The van der Waals surface area contributed by atoms with Crippen molar-refractivity contribution in [1.82, 2.24) is 0 Å². The fourth-order valence-electron chi connectivity index (χ4n) is 1.69. The summed E-state index contributed by atoms with van der Waals surface area (Å²) < 4.78 is 19.2. The average molecular weight is 347 g/mol. The van der Waals surface area contributed by atoms with Crippen LogP contribution in [0.5, 0.6) is 5.75 Å². The quantitative estimate of drug-likeness (QED) is 0.258. The van der Waals surface area contributed by atoms with Crippen molar-refractivity contribution in [2.45, 2.75) is 33.1 Å². The van der Waals surface area contributed by atoms with Crippen molar-refractivity contribution in [2.24, 2.45) is 16.3 Å². The number of hydrogen-bond donors (Lipinski definition) is 2. The number of hydrogen-bond acceptors (Lipinski definition) is 3. The monoisotopic (exact) mass is 346 g/mol. The highest BCUT2D eigenvalue weighted by atomic mass is 79.9. The van der Waals surface area contributed by atoms with Gasteiger partial charge in [-0.05, 0) is 47.3 Å². The second-order valence-electron chi connectivity index (χ2n) is 5.25. The van der Waals surface area contributed by atoms with Crippen LogP contribution in [0.4, 0.5) is 4.39 Å². The van der Waals surface area contributed by atoms with Gasteiger partial charge in [-0.25, -0.2) is 4.39 Å². The molecule has 0 bridgehead atoms. The third kappa shape index (κ3) is 5.00. The molecule has 0 unspecified atom stereocenters. The van der Waals surface area contributed by atoms with Crippen LogP contribution in [-0.2, 0) is 0 Å². The summed E-state index contributed by atoms with van der Waals surface area (Å²) in [6, 6.07) is 4.68. The highest BCUT2D eigenvalue weighted by molar-refractivity contribution is 9.10. The number of rotatable bonds is 7. The van der Waals surface area contributed by atoms with E-state index in [1.807, 2.05) is 13.8 Å². The van der Waals surface area contributed by atoms with E-state index in [1.54, 1.807) is 12.1 Å². The molecule has 0 aliphatic carbocycles. The Bertz CT molecular complexity index is 478. The molecular weight excluding hydrogens is 327 g/mol. The minimum atomic E-state index is -0.337. The molecule has 1 rings (SSSR count). The minimum absolute atomic E-state index is 0.230. The topological polar surface area (TPSA) is 67.8 Å². The average Bonchev–Trinajstić information content (AvgIpc) is 2.41. The highest BCUT2D eigenvalue weighted by Crippen LogP contribution is 2.24. The summed E-state index contributed by atoms with van der Waals surface area (Å²) >= 11 is 3.09. The normalized spacial score (nSPS) is 12.5. The molecule has 0 fully saturated rings. The molecule has 20 heavy (non-hydrogen) atoms. The summed E-state index contributed by atoms with van der Waals surface area (Å²) in [5.41, 5.74) is 5.28. The fraction of sp³-hybridized carbons (Fsp3) is 0.500. The van der Waals surface area contributed by atoms with Gasteiger partial charge in [-0.2, -0.15) is 0 Å². The zero-order valence-corrected chi connectivity index (χ0v) is 13.3. The summed E-state index contributed by atoms with van der Waals surface area (Å²) in [7, 11) is 0. The number of oxime groups is 1. The molecule has 6 heteroatoms. The standard InChI is InChI=1S/C14H20BrFN2O2/c1-14(2,13(17)18-19)7-3-4-8-20-10-5-6-11(15)12(16)9-10/h5-6,9,19H,3-4,7-8H2,1-2H3,(H2,17,18). The second-order valence-corrected chi connectivity index (χ2v) is 6.10. The largest absolute Gasteiger partial charge is 0.493 e. The maximum Gasteiger partial charge on any atom is 0.144 e. The third-order valence-electron chi connectivity index (χ3n) is 3.16. The smallest absolute Gasteiger partial charge is 0.144 e. The van der Waals surface area contributed by atoms with Crippen molar-refractivity contribution >= 4 is 21.8 Å². The third-order valence-corrected chi connectivity index (χ3v) is 3.80. The van der Waals surface area contributed by atoms with Gasteiger partial charge in [0.05, 0.1) is 11.1 Å². The van der Waals surface area contributed by atoms with Crippen LogP contribution in [0, 0.1) is 11.2 Å². The summed E-state index contributed by atoms with van der Waals surface area (Å²) in [6.07, 6.45) is 2.49. The molecular formula is C14H20BrFN2O2. The van der Waals surface area contributed by atoms with Crippen LogP contribution in [0.3, 0.4) is 0 Å². The van der Waals surface area contributed by atoms with Crippen molar-refractivity contribution in [3.63, 3.8) is 0 Å². The molecule has 0 aliphatic rings. The molecule has 0 aliphatic heterocycles. The molecule has 0 aromatic heterocycles. The Labute approximate surface area is 126 Å². The van der Waals surface area contributed by atoms with Gasteiger partial charge in [-0.15, -0.1) is 0 Å². The molecule has 4 nitrogen and oxygen atoms in total. The Morgan fingerprint density at radius 1 is 1.45 bits per heavy atom. The van der Waals surface area contributed by atoms with E-state index < -0.39 is 0 Å². The lowest BCUT2D eigenvalue weighted by molar-refractivity contribution is 0.287. The number of nitrogens with two attached hydrogens (primary N) is 1. The second kappa shape index (κ2) is 7.47. The van der Waals surface area contributed by atoms with Gasteiger partial charge in [0.2, 0.25) is 0 Å². The van der Waals surface area contributed by atoms with Crippen LogP contribution in [0.25, 0.3) is 0 Å². The molecule has 0 radical (unpaired) electrons. The Morgan fingerprint density at radius 3 is 2.75 bits per heavy atom. The number of halogens is 2. The van der Waals surface area contributed by atoms with Crippen molar-refractivity contribution in [3.05, 3.63) is 28.5 Å². The van der Waals surface area contributed by atoms with Crippen LogP contribution >= 0.6 is 15.9 Å². The molecule has 0 amide bonds. The number of amidine groups is 1. The first-order chi connectivity index (χ1) is 9.36. The van der Waals surface area contributed by atoms with Crippen LogP contribution in [0.15, 0.2) is 27.8 Å². The molecule has 0 spiro atoms. The van der Waals surface area contributed by atoms with Gasteiger partial charge in [0.25, 0.3) is 0 Å². The van der Waals surface area contributed by atoms with Crippen LogP contribution < -0.4 is 10.5 Å². The number of unbranched alkanes of at least 4 members (excludes halogenated alkanes) is 1. The predicted molar refractivity (Wildman–Crippen MR) is 80.6 cm³/mol. The van der Waals surface area contributed by atoms with Gasteiger partial charge in [-0.3, -0.25) is 0 Å². The van der Waals surface area contributed by atoms with Crippen molar-refractivity contribution in [3.8, 4) is 5.75 Å². The van der Waals surface area contributed by atoms with E-state index in [-0.39, 0.29) is 17.1 Å². The molecule has 1 aromatic rings. The number of benzene rings is 1. The number of nitrogens with zero attached hydrogens (tertiary/aromatic N) is 1. The van der Waals surface area contributed by atoms with Crippen LogP contribution in [0.1, 0.15) is 33.1 Å². The van der Waals surface area contributed by atoms with Crippen molar-refractivity contribution < 1.29 is 14.3 Å². The Hall–Kier alpha value is -1.30. The molecule has 0 saturated carbocycles. The highest BCUT2D eigenvalue weighted by Gasteiger charge is 2.22. The molecule has 0 saturated heterocycles. The first kappa shape index (κ1) is 16.8. The Kier molecular flexibility index (Phi) is 6.26. The van der Waals surface area contributed by atoms with E-state index in [2.05, 4.69) is 21.1 Å². The SMILES string of the molecule is CC(C)(CCCCOc1ccc(Br)c(F)c1)/C(N)=N/O. The Morgan fingerprint density at radius 2 is 2.15 bits per heavy atom. The van der Waals surface area contributed by atoms with E-state index in [1.165, 1.54) is 6.07 Å². The van der Waals surface area contributed by atoms with Crippen molar-refractivity contribution in [1.29, 1.82) is 0 Å². The zero-order valence-electron chi connectivity index (χ0n) is 11.7. The van der Waals surface area contributed by atoms with Gasteiger partial charge < -0.3 is 15.7 Å². The van der Waals surface area contributed by atoms with Gasteiger partial charge >= 0.3 is 0 Å². The van der Waals surface area contributed by atoms with Gasteiger partial charge in [0, 0.05) is 11.5 Å². The molecule has 1 aromatic carbocycles. The Balaban J connectivity index is 2.30. The summed E-state index contributed by atoms with van der Waals surface area (Å²) in [5.74, 6) is 0.408. The van der Waals surface area contributed by atoms with E-state index >= 15 is 0 Å².